The monoisotopic (exact) mass is 237 g/mol. The van der Waals surface area contributed by atoms with Crippen molar-refractivity contribution in [2.75, 3.05) is 13.7 Å². The summed E-state index contributed by atoms with van der Waals surface area (Å²) in [6.45, 7) is 2.09. The molecule has 0 saturated heterocycles. The Morgan fingerprint density at radius 2 is 2.18 bits per heavy atom. The van der Waals surface area contributed by atoms with Crippen molar-refractivity contribution >= 4 is 0 Å². The number of rotatable bonds is 6. The Hall–Kier alpha value is -0.870. The number of aromatic nitrogens is 2. The van der Waals surface area contributed by atoms with E-state index in [4.69, 9.17) is 4.74 Å². The molecule has 0 amide bonds. The van der Waals surface area contributed by atoms with Gasteiger partial charge in [0.2, 0.25) is 0 Å². The molecule has 4 nitrogen and oxygen atoms in total. The fourth-order valence-electron chi connectivity index (χ4n) is 2.48. The van der Waals surface area contributed by atoms with Crippen molar-refractivity contribution in [1.82, 2.24) is 15.1 Å². The lowest BCUT2D eigenvalue weighted by atomic mass is 9.93. The number of ether oxygens (including phenoxy) is 1. The third kappa shape index (κ3) is 4.13. The highest BCUT2D eigenvalue weighted by atomic mass is 16.5. The van der Waals surface area contributed by atoms with Crippen LogP contribution in [0.25, 0.3) is 0 Å². The molecule has 0 aliphatic heterocycles. The number of hydrogen-bond donors (Lipinski definition) is 1. The van der Waals surface area contributed by atoms with E-state index in [-0.39, 0.29) is 0 Å². The number of nitrogens with zero attached hydrogens (tertiary/aromatic N) is 2. The highest BCUT2D eigenvalue weighted by Crippen LogP contribution is 2.20. The van der Waals surface area contributed by atoms with E-state index in [0.717, 1.165) is 19.5 Å². The standard InChI is InChI=1S/C13H23N3O/c1-17-13-6-4-12(5-7-13)14-8-2-10-16-11-3-9-15-16/h3,9,11-14H,2,4-8,10H2,1H3. The summed E-state index contributed by atoms with van der Waals surface area (Å²) in [5.41, 5.74) is 0. The van der Waals surface area contributed by atoms with Gasteiger partial charge >= 0.3 is 0 Å². The van der Waals surface area contributed by atoms with Crippen LogP contribution in [0.1, 0.15) is 32.1 Å². The van der Waals surface area contributed by atoms with Crippen molar-refractivity contribution in [3.8, 4) is 0 Å². The number of hydrogen-bond acceptors (Lipinski definition) is 3. The van der Waals surface area contributed by atoms with Crippen LogP contribution in [0, 0.1) is 0 Å². The van der Waals surface area contributed by atoms with Gasteiger partial charge in [-0.15, -0.1) is 0 Å². The first kappa shape index (κ1) is 12.6. The molecule has 17 heavy (non-hydrogen) atoms. The molecule has 0 unspecified atom stereocenters. The summed E-state index contributed by atoms with van der Waals surface area (Å²) >= 11 is 0. The molecule has 96 valence electrons. The van der Waals surface area contributed by atoms with E-state index >= 15 is 0 Å². The summed E-state index contributed by atoms with van der Waals surface area (Å²) in [5.74, 6) is 0. The largest absolute Gasteiger partial charge is 0.381 e. The molecule has 1 aromatic heterocycles. The highest BCUT2D eigenvalue weighted by molar-refractivity contribution is 4.79. The lowest BCUT2D eigenvalue weighted by molar-refractivity contribution is 0.0625. The number of nitrogens with one attached hydrogen (secondary N) is 1. The van der Waals surface area contributed by atoms with Crippen LogP contribution in [0.2, 0.25) is 0 Å². The zero-order valence-electron chi connectivity index (χ0n) is 10.6. The van der Waals surface area contributed by atoms with Gasteiger partial charge in [-0.3, -0.25) is 4.68 Å². The number of aryl methyl sites for hydroxylation is 1. The lowest BCUT2D eigenvalue weighted by Crippen LogP contribution is -2.35. The van der Waals surface area contributed by atoms with E-state index in [0.29, 0.717) is 12.1 Å². The van der Waals surface area contributed by atoms with E-state index in [9.17, 15) is 0 Å². The van der Waals surface area contributed by atoms with Crippen molar-refractivity contribution < 1.29 is 4.74 Å². The van der Waals surface area contributed by atoms with Crippen molar-refractivity contribution in [1.29, 1.82) is 0 Å². The van der Waals surface area contributed by atoms with Crippen LogP contribution >= 0.6 is 0 Å². The van der Waals surface area contributed by atoms with Gasteiger partial charge in [-0.05, 0) is 44.7 Å². The second kappa shape index (κ2) is 6.77. The van der Waals surface area contributed by atoms with Crippen molar-refractivity contribution in [3.05, 3.63) is 18.5 Å². The van der Waals surface area contributed by atoms with Gasteiger partial charge in [-0.25, -0.2) is 0 Å². The van der Waals surface area contributed by atoms with Crippen LogP contribution in [0.3, 0.4) is 0 Å². The molecule has 1 N–H and O–H groups in total. The first-order valence-electron chi connectivity index (χ1n) is 6.62. The smallest absolute Gasteiger partial charge is 0.0572 e. The summed E-state index contributed by atoms with van der Waals surface area (Å²) in [6.07, 6.45) is 10.4. The zero-order valence-corrected chi connectivity index (χ0v) is 10.6. The predicted molar refractivity (Wildman–Crippen MR) is 67.9 cm³/mol. The van der Waals surface area contributed by atoms with Crippen LogP contribution in [-0.4, -0.2) is 35.6 Å². The topological polar surface area (TPSA) is 39.1 Å². The average Bonchev–Trinajstić information content (AvgIpc) is 2.88. The molecule has 1 aromatic rings. The summed E-state index contributed by atoms with van der Waals surface area (Å²) in [6, 6.07) is 2.67. The molecule has 2 rings (SSSR count). The minimum atomic E-state index is 0.497. The zero-order chi connectivity index (χ0) is 11.9. The quantitative estimate of drug-likeness (QED) is 0.767. The Kier molecular flexibility index (Phi) is 5.01. The Bertz CT molecular complexity index is 292. The fourth-order valence-corrected chi connectivity index (χ4v) is 2.48. The van der Waals surface area contributed by atoms with Gasteiger partial charge in [-0.2, -0.15) is 5.10 Å². The minimum Gasteiger partial charge on any atom is -0.381 e. The van der Waals surface area contributed by atoms with Crippen molar-refractivity contribution in [3.63, 3.8) is 0 Å². The molecule has 1 aliphatic rings. The maximum Gasteiger partial charge on any atom is 0.0572 e. The van der Waals surface area contributed by atoms with Gasteiger partial charge in [0.25, 0.3) is 0 Å². The summed E-state index contributed by atoms with van der Waals surface area (Å²) in [5, 5.41) is 7.83. The molecule has 0 radical (unpaired) electrons. The SMILES string of the molecule is COC1CCC(NCCCn2cccn2)CC1. The van der Waals surface area contributed by atoms with E-state index in [2.05, 4.69) is 10.4 Å². The molecule has 1 aliphatic carbocycles. The Morgan fingerprint density at radius 3 is 2.82 bits per heavy atom. The molecule has 0 aromatic carbocycles. The van der Waals surface area contributed by atoms with Gasteiger partial charge in [0.1, 0.15) is 0 Å². The molecule has 1 saturated carbocycles. The first-order valence-corrected chi connectivity index (χ1v) is 6.62. The van der Waals surface area contributed by atoms with Crippen LogP contribution in [-0.2, 0) is 11.3 Å². The van der Waals surface area contributed by atoms with Crippen LogP contribution < -0.4 is 5.32 Å². The van der Waals surface area contributed by atoms with Gasteiger partial charge in [0.05, 0.1) is 6.10 Å². The summed E-state index contributed by atoms with van der Waals surface area (Å²) in [4.78, 5) is 0. The Balaban J connectivity index is 1.54. The second-order valence-corrected chi connectivity index (χ2v) is 4.79. The van der Waals surface area contributed by atoms with Gasteiger partial charge in [-0.1, -0.05) is 0 Å². The van der Waals surface area contributed by atoms with Crippen molar-refractivity contribution in [2.24, 2.45) is 0 Å². The number of methoxy groups -OCH3 is 1. The Morgan fingerprint density at radius 1 is 1.35 bits per heavy atom. The van der Waals surface area contributed by atoms with Crippen LogP contribution in [0.5, 0.6) is 0 Å². The maximum absolute atomic E-state index is 5.37. The third-order valence-corrected chi connectivity index (χ3v) is 3.56. The molecular formula is C13H23N3O. The van der Waals surface area contributed by atoms with Gasteiger partial charge < -0.3 is 10.1 Å². The first-order chi connectivity index (χ1) is 8.38. The molecular weight excluding hydrogens is 214 g/mol. The normalized spacial score (nSPS) is 25.0. The van der Waals surface area contributed by atoms with Gasteiger partial charge in [0, 0.05) is 32.1 Å². The summed E-state index contributed by atoms with van der Waals surface area (Å²) < 4.78 is 7.36. The minimum absolute atomic E-state index is 0.497. The van der Waals surface area contributed by atoms with Gasteiger partial charge in [0.15, 0.2) is 0 Å². The molecule has 0 spiro atoms. The molecule has 4 heteroatoms. The van der Waals surface area contributed by atoms with E-state index in [1.165, 1.54) is 25.7 Å². The summed E-state index contributed by atoms with van der Waals surface area (Å²) in [7, 11) is 1.82. The molecule has 1 fully saturated rings. The molecule has 0 atom stereocenters. The van der Waals surface area contributed by atoms with Crippen molar-refractivity contribution in [2.45, 2.75) is 50.8 Å². The second-order valence-electron chi connectivity index (χ2n) is 4.79. The third-order valence-electron chi connectivity index (χ3n) is 3.56. The van der Waals surface area contributed by atoms with Crippen LogP contribution in [0.15, 0.2) is 18.5 Å². The molecule has 0 bridgehead atoms. The lowest BCUT2D eigenvalue weighted by Gasteiger charge is -2.28. The van der Waals surface area contributed by atoms with E-state index in [1.807, 2.05) is 30.3 Å². The average molecular weight is 237 g/mol. The van der Waals surface area contributed by atoms with E-state index < -0.39 is 0 Å². The van der Waals surface area contributed by atoms with Crippen LogP contribution in [0.4, 0.5) is 0 Å². The predicted octanol–water partition coefficient (Wildman–Crippen LogP) is 1.82. The van der Waals surface area contributed by atoms with E-state index in [1.54, 1.807) is 0 Å². The Labute approximate surface area is 103 Å². The highest BCUT2D eigenvalue weighted by Gasteiger charge is 2.19. The molecule has 1 heterocycles. The fraction of sp³-hybridized carbons (Fsp3) is 0.769. The maximum atomic E-state index is 5.37.